The molecule has 4 heteroatoms. The summed E-state index contributed by atoms with van der Waals surface area (Å²) in [7, 11) is 0. The summed E-state index contributed by atoms with van der Waals surface area (Å²) in [5.41, 5.74) is 0.648. The Kier molecular flexibility index (Phi) is 6.10. The quantitative estimate of drug-likeness (QED) is 0.706. The summed E-state index contributed by atoms with van der Waals surface area (Å²) in [5, 5.41) is 12.3. The van der Waals surface area contributed by atoms with E-state index in [1.807, 2.05) is 6.92 Å². The highest BCUT2D eigenvalue weighted by atomic mass is 16.5. The number of phenols is 1. The molecule has 0 aromatic heterocycles. The first-order chi connectivity index (χ1) is 8.24. The molecule has 0 aliphatic rings. The van der Waals surface area contributed by atoms with Gasteiger partial charge in [-0.25, -0.2) is 0 Å². The van der Waals surface area contributed by atoms with Crippen molar-refractivity contribution < 1.29 is 14.6 Å². The number of hydrogen-bond donors (Lipinski definition) is 2. The van der Waals surface area contributed by atoms with Gasteiger partial charge < -0.3 is 15.2 Å². The van der Waals surface area contributed by atoms with Gasteiger partial charge in [-0.1, -0.05) is 18.2 Å². The molecule has 0 saturated heterocycles. The van der Waals surface area contributed by atoms with E-state index in [9.17, 15) is 9.90 Å². The van der Waals surface area contributed by atoms with E-state index in [-0.39, 0.29) is 18.1 Å². The minimum absolute atomic E-state index is 0.0806. The van der Waals surface area contributed by atoms with Gasteiger partial charge in [0.1, 0.15) is 5.75 Å². The zero-order chi connectivity index (χ0) is 12.5. The fourth-order valence-electron chi connectivity index (χ4n) is 1.44. The Balaban J connectivity index is 2.23. The summed E-state index contributed by atoms with van der Waals surface area (Å²) in [6.45, 7) is 3.91. The first-order valence-corrected chi connectivity index (χ1v) is 5.85. The standard InChI is InChI=1S/C13H19NO3/c1-2-17-9-5-8-14-13(16)10-11-6-3-4-7-12(11)15/h3-4,6-7,15H,2,5,8-10H2,1H3,(H,14,16). The average Bonchev–Trinajstić information content (AvgIpc) is 2.32. The van der Waals surface area contributed by atoms with Crippen LogP contribution in [0.5, 0.6) is 5.75 Å². The van der Waals surface area contributed by atoms with Crippen molar-refractivity contribution in [2.75, 3.05) is 19.8 Å². The summed E-state index contributed by atoms with van der Waals surface area (Å²) in [5.74, 6) is 0.0833. The second kappa shape index (κ2) is 7.68. The smallest absolute Gasteiger partial charge is 0.224 e. The van der Waals surface area contributed by atoms with Crippen LogP contribution in [0.25, 0.3) is 0 Å². The average molecular weight is 237 g/mol. The van der Waals surface area contributed by atoms with Crippen LogP contribution in [0.2, 0.25) is 0 Å². The van der Waals surface area contributed by atoms with Crippen molar-refractivity contribution in [2.45, 2.75) is 19.8 Å². The van der Waals surface area contributed by atoms with E-state index in [4.69, 9.17) is 4.74 Å². The van der Waals surface area contributed by atoms with Gasteiger partial charge in [-0.15, -0.1) is 0 Å². The number of carbonyl (C=O) groups excluding carboxylic acids is 1. The maximum absolute atomic E-state index is 11.5. The molecular weight excluding hydrogens is 218 g/mol. The van der Waals surface area contributed by atoms with E-state index < -0.39 is 0 Å². The third-order valence-electron chi connectivity index (χ3n) is 2.33. The predicted octanol–water partition coefficient (Wildman–Crippen LogP) is 1.48. The lowest BCUT2D eigenvalue weighted by Gasteiger charge is -2.06. The second-order valence-electron chi connectivity index (χ2n) is 3.71. The van der Waals surface area contributed by atoms with Gasteiger partial charge in [-0.3, -0.25) is 4.79 Å². The van der Waals surface area contributed by atoms with E-state index in [1.165, 1.54) is 0 Å². The first-order valence-electron chi connectivity index (χ1n) is 5.85. The molecule has 0 heterocycles. The molecule has 94 valence electrons. The lowest BCUT2D eigenvalue weighted by atomic mass is 10.1. The minimum atomic E-state index is -0.0806. The second-order valence-corrected chi connectivity index (χ2v) is 3.71. The van der Waals surface area contributed by atoms with Crippen LogP contribution in [0.1, 0.15) is 18.9 Å². The number of ether oxygens (including phenoxy) is 1. The Morgan fingerprint density at radius 3 is 2.88 bits per heavy atom. The van der Waals surface area contributed by atoms with Crippen molar-refractivity contribution in [3.8, 4) is 5.75 Å². The molecule has 0 atom stereocenters. The number of nitrogens with one attached hydrogen (secondary N) is 1. The van der Waals surface area contributed by atoms with Crippen molar-refractivity contribution >= 4 is 5.91 Å². The lowest BCUT2D eigenvalue weighted by Crippen LogP contribution is -2.26. The summed E-state index contributed by atoms with van der Waals surface area (Å²) in [6, 6.07) is 6.86. The molecule has 0 aliphatic carbocycles. The van der Waals surface area contributed by atoms with Crippen molar-refractivity contribution in [2.24, 2.45) is 0 Å². The molecule has 0 radical (unpaired) electrons. The van der Waals surface area contributed by atoms with Crippen LogP contribution in [-0.4, -0.2) is 30.8 Å². The summed E-state index contributed by atoms with van der Waals surface area (Å²) in [6.07, 6.45) is 1.02. The zero-order valence-corrected chi connectivity index (χ0v) is 10.1. The van der Waals surface area contributed by atoms with Gasteiger partial charge in [-0.2, -0.15) is 0 Å². The highest BCUT2D eigenvalue weighted by molar-refractivity contribution is 5.79. The van der Waals surface area contributed by atoms with Crippen LogP contribution in [0.4, 0.5) is 0 Å². The lowest BCUT2D eigenvalue weighted by molar-refractivity contribution is -0.120. The Morgan fingerprint density at radius 1 is 1.41 bits per heavy atom. The van der Waals surface area contributed by atoms with Crippen LogP contribution < -0.4 is 5.32 Å². The molecule has 0 spiro atoms. The van der Waals surface area contributed by atoms with Crippen molar-refractivity contribution in [1.82, 2.24) is 5.32 Å². The maximum atomic E-state index is 11.5. The predicted molar refractivity (Wildman–Crippen MR) is 65.9 cm³/mol. The number of phenolic OH excluding ortho intramolecular Hbond substituents is 1. The number of amides is 1. The Morgan fingerprint density at radius 2 is 2.18 bits per heavy atom. The van der Waals surface area contributed by atoms with Crippen LogP contribution >= 0.6 is 0 Å². The fraction of sp³-hybridized carbons (Fsp3) is 0.462. The maximum Gasteiger partial charge on any atom is 0.224 e. The summed E-state index contributed by atoms with van der Waals surface area (Å²) in [4.78, 5) is 11.5. The Bertz CT molecular complexity index is 352. The van der Waals surface area contributed by atoms with Crippen molar-refractivity contribution in [3.63, 3.8) is 0 Å². The monoisotopic (exact) mass is 237 g/mol. The Hall–Kier alpha value is -1.55. The molecule has 4 nitrogen and oxygen atoms in total. The normalized spacial score (nSPS) is 10.2. The van der Waals surface area contributed by atoms with Crippen LogP contribution in [0, 0.1) is 0 Å². The number of carbonyl (C=O) groups is 1. The SMILES string of the molecule is CCOCCCNC(=O)Cc1ccccc1O. The first kappa shape index (κ1) is 13.5. The molecule has 0 saturated carbocycles. The molecule has 17 heavy (non-hydrogen) atoms. The topological polar surface area (TPSA) is 58.6 Å². The van der Waals surface area contributed by atoms with Gasteiger partial charge in [0.05, 0.1) is 6.42 Å². The van der Waals surface area contributed by atoms with Gasteiger partial charge in [0.15, 0.2) is 0 Å². The van der Waals surface area contributed by atoms with E-state index in [1.54, 1.807) is 24.3 Å². The molecular formula is C13H19NO3. The minimum Gasteiger partial charge on any atom is -0.508 e. The van der Waals surface area contributed by atoms with Crippen molar-refractivity contribution in [1.29, 1.82) is 0 Å². The molecule has 1 rings (SSSR count). The molecule has 0 fully saturated rings. The number of para-hydroxylation sites is 1. The summed E-state index contributed by atoms with van der Waals surface area (Å²) < 4.78 is 5.16. The van der Waals surface area contributed by atoms with Gasteiger partial charge in [0.25, 0.3) is 0 Å². The van der Waals surface area contributed by atoms with E-state index >= 15 is 0 Å². The number of rotatable bonds is 7. The van der Waals surface area contributed by atoms with Crippen molar-refractivity contribution in [3.05, 3.63) is 29.8 Å². The molecule has 1 aromatic carbocycles. The summed E-state index contributed by atoms with van der Waals surface area (Å²) >= 11 is 0. The van der Waals surface area contributed by atoms with Gasteiger partial charge in [-0.05, 0) is 19.4 Å². The van der Waals surface area contributed by atoms with Gasteiger partial charge in [0.2, 0.25) is 5.91 Å². The van der Waals surface area contributed by atoms with Crippen LogP contribution in [0.3, 0.4) is 0 Å². The Labute approximate surface area is 102 Å². The molecule has 1 amide bonds. The zero-order valence-electron chi connectivity index (χ0n) is 10.1. The highest BCUT2D eigenvalue weighted by Gasteiger charge is 2.05. The third kappa shape index (κ3) is 5.36. The van der Waals surface area contributed by atoms with E-state index in [0.29, 0.717) is 25.3 Å². The van der Waals surface area contributed by atoms with E-state index in [0.717, 1.165) is 6.42 Å². The van der Waals surface area contributed by atoms with Crippen LogP contribution in [0.15, 0.2) is 24.3 Å². The molecule has 0 unspecified atom stereocenters. The third-order valence-corrected chi connectivity index (χ3v) is 2.33. The largest absolute Gasteiger partial charge is 0.508 e. The number of benzene rings is 1. The highest BCUT2D eigenvalue weighted by Crippen LogP contribution is 2.15. The molecule has 0 bridgehead atoms. The van der Waals surface area contributed by atoms with E-state index in [2.05, 4.69) is 5.32 Å². The fourth-order valence-corrected chi connectivity index (χ4v) is 1.44. The van der Waals surface area contributed by atoms with Crippen LogP contribution in [-0.2, 0) is 16.0 Å². The molecule has 1 aromatic rings. The van der Waals surface area contributed by atoms with Gasteiger partial charge >= 0.3 is 0 Å². The molecule has 0 aliphatic heterocycles. The number of aromatic hydroxyl groups is 1. The molecule has 2 N–H and O–H groups in total. The van der Waals surface area contributed by atoms with Gasteiger partial charge in [0, 0.05) is 25.3 Å². The number of hydrogen-bond acceptors (Lipinski definition) is 3.